The summed E-state index contributed by atoms with van der Waals surface area (Å²) >= 11 is 0. The van der Waals surface area contributed by atoms with E-state index in [-0.39, 0.29) is 5.91 Å². The monoisotopic (exact) mass is 369 g/mol. The summed E-state index contributed by atoms with van der Waals surface area (Å²) in [6, 6.07) is 24.9. The van der Waals surface area contributed by atoms with Gasteiger partial charge in [-0.3, -0.25) is 4.79 Å². The predicted molar refractivity (Wildman–Crippen MR) is 109 cm³/mol. The fourth-order valence-corrected chi connectivity index (χ4v) is 2.94. The van der Waals surface area contributed by atoms with Crippen LogP contribution in [-0.2, 0) is 11.2 Å². The molecule has 3 aromatic carbocycles. The molecular formula is C23H19N3O2. The number of anilines is 1. The number of carbonyl (C=O) groups is 1. The Morgan fingerprint density at radius 3 is 2.29 bits per heavy atom. The van der Waals surface area contributed by atoms with Crippen molar-refractivity contribution in [3.63, 3.8) is 0 Å². The van der Waals surface area contributed by atoms with E-state index in [2.05, 4.69) is 15.5 Å². The van der Waals surface area contributed by atoms with Crippen LogP contribution in [-0.4, -0.2) is 16.1 Å². The largest absolute Gasteiger partial charge is 0.416 e. The van der Waals surface area contributed by atoms with Crippen LogP contribution < -0.4 is 5.32 Å². The van der Waals surface area contributed by atoms with Gasteiger partial charge in [0, 0.05) is 16.8 Å². The van der Waals surface area contributed by atoms with Gasteiger partial charge in [-0.1, -0.05) is 48.5 Å². The number of benzene rings is 3. The lowest BCUT2D eigenvalue weighted by atomic mass is 10.1. The van der Waals surface area contributed by atoms with Crippen LogP contribution in [0.1, 0.15) is 11.1 Å². The third-order valence-electron chi connectivity index (χ3n) is 4.42. The number of aromatic nitrogens is 2. The van der Waals surface area contributed by atoms with Crippen molar-refractivity contribution < 1.29 is 9.21 Å². The van der Waals surface area contributed by atoms with Crippen molar-refractivity contribution in [3.8, 4) is 22.9 Å². The molecule has 5 nitrogen and oxygen atoms in total. The summed E-state index contributed by atoms with van der Waals surface area (Å²) in [6.45, 7) is 2.01. The Kier molecular flexibility index (Phi) is 4.97. The highest BCUT2D eigenvalue weighted by molar-refractivity contribution is 5.92. The zero-order chi connectivity index (χ0) is 19.3. The van der Waals surface area contributed by atoms with Gasteiger partial charge in [-0.15, -0.1) is 10.2 Å². The van der Waals surface area contributed by atoms with E-state index in [4.69, 9.17) is 4.42 Å². The summed E-state index contributed by atoms with van der Waals surface area (Å²) in [6.07, 6.45) is 0.339. The van der Waals surface area contributed by atoms with E-state index < -0.39 is 0 Å². The fraction of sp³-hybridized carbons (Fsp3) is 0.0870. The molecule has 0 bridgehead atoms. The number of rotatable bonds is 5. The molecule has 0 saturated carbocycles. The van der Waals surface area contributed by atoms with Crippen LogP contribution in [0.2, 0.25) is 0 Å². The molecule has 138 valence electrons. The molecule has 1 N–H and O–H groups in total. The lowest BCUT2D eigenvalue weighted by Crippen LogP contribution is -2.14. The SMILES string of the molecule is Cc1ccccc1-c1nnc(-c2ccc(NC(=O)Cc3ccccc3)cc2)o1. The molecule has 28 heavy (non-hydrogen) atoms. The summed E-state index contributed by atoms with van der Waals surface area (Å²) in [7, 11) is 0. The van der Waals surface area contributed by atoms with Gasteiger partial charge < -0.3 is 9.73 Å². The highest BCUT2D eigenvalue weighted by Crippen LogP contribution is 2.26. The second kappa shape index (κ2) is 7.88. The topological polar surface area (TPSA) is 68.0 Å². The summed E-state index contributed by atoms with van der Waals surface area (Å²) in [5.41, 5.74) is 4.50. The number of nitrogens with zero attached hydrogens (tertiary/aromatic N) is 2. The average molecular weight is 369 g/mol. The van der Waals surface area contributed by atoms with Gasteiger partial charge in [0.15, 0.2) is 0 Å². The second-order valence-electron chi connectivity index (χ2n) is 6.52. The summed E-state index contributed by atoms with van der Waals surface area (Å²) < 4.78 is 5.83. The molecule has 0 unspecified atom stereocenters. The quantitative estimate of drug-likeness (QED) is 0.544. The van der Waals surface area contributed by atoms with Crippen molar-refractivity contribution in [2.75, 3.05) is 5.32 Å². The molecule has 4 aromatic rings. The van der Waals surface area contributed by atoms with Crippen LogP contribution in [0.5, 0.6) is 0 Å². The molecule has 0 atom stereocenters. The van der Waals surface area contributed by atoms with E-state index in [1.165, 1.54) is 0 Å². The first-order chi connectivity index (χ1) is 13.7. The Bertz CT molecular complexity index is 1090. The lowest BCUT2D eigenvalue weighted by Gasteiger charge is -2.06. The van der Waals surface area contributed by atoms with E-state index in [0.717, 1.165) is 27.9 Å². The second-order valence-corrected chi connectivity index (χ2v) is 6.52. The van der Waals surface area contributed by atoms with Gasteiger partial charge in [0.05, 0.1) is 6.42 Å². The first kappa shape index (κ1) is 17.7. The first-order valence-electron chi connectivity index (χ1n) is 9.03. The van der Waals surface area contributed by atoms with E-state index >= 15 is 0 Å². The third kappa shape index (κ3) is 3.99. The van der Waals surface area contributed by atoms with Gasteiger partial charge in [-0.05, 0) is 48.4 Å². The van der Waals surface area contributed by atoms with Crippen molar-refractivity contribution >= 4 is 11.6 Å². The van der Waals surface area contributed by atoms with Gasteiger partial charge in [0.2, 0.25) is 17.7 Å². The Balaban J connectivity index is 1.45. The number of hydrogen-bond acceptors (Lipinski definition) is 4. The molecule has 0 radical (unpaired) electrons. The Morgan fingerprint density at radius 1 is 0.857 bits per heavy atom. The summed E-state index contributed by atoms with van der Waals surface area (Å²) in [5, 5.41) is 11.2. The zero-order valence-electron chi connectivity index (χ0n) is 15.4. The maximum absolute atomic E-state index is 12.2. The maximum atomic E-state index is 12.2. The molecule has 1 amide bonds. The average Bonchev–Trinajstić information content (AvgIpc) is 3.19. The minimum atomic E-state index is -0.0569. The molecule has 0 saturated heterocycles. The summed E-state index contributed by atoms with van der Waals surface area (Å²) in [5.74, 6) is 0.882. The number of aryl methyl sites for hydroxylation is 1. The van der Waals surface area contributed by atoms with Crippen LogP contribution in [0, 0.1) is 6.92 Å². The van der Waals surface area contributed by atoms with E-state index in [1.54, 1.807) is 0 Å². The van der Waals surface area contributed by atoms with Crippen LogP contribution in [0.4, 0.5) is 5.69 Å². The Hall–Kier alpha value is -3.73. The molecule has 0 aliphatic rings. The highest BCUT2D eigenvalue weighted by Gasteiger charge is 2.12. The van der Waals surface area contributed by atoms with E-state index in [1.807, 2.05) is 85.8 Å². The van der Waals surface area contributed by atoms with Crippen molar-refractivity contribution in [1.29, 1.82) is 0 Å². The number of carbonyl (C=O) groups excluding carboxylic acids is 1. The van der Waals surface area contributed by atoms with Gasteiger partial charge in [0.1, 0.15) is 0 Å². The lowest BCUT2D eigenvalue weighted by molar-refractivity contribution is -0.115. The van der Waals surface area contributed by atoms with Crippen molar-refractivity contribution in [3.05, 3.63) is 90.0 Å². The van der Waals surface area contributed by atoms with Crippen LogP contribution in [0.15, 0.2) is 83.3 Å². The van der Waals surface area contributed by atoms with Crippen LogP contribution in [0.25, 0.3) is 22.9 Å². The molecule has 0 aliphatic heterocycles. The van der Waals surface area contributed by atoms with Gasteiger partial charge >= 0.3 is 0 Å². The maximum Gasteiger partial charge on any atom is 0.248 e. The van der Waals surface area contributed by atoms with E-state index in [9.17, 15) is 4.79 Å². The standard InChI is InChI=1S/C23H19N3O2/c1-16-7-5-6-10-20(16)23-26-25-22(28-23)18-11-13-19(14-12-18)24-21(27)15-17-8-3-2-4-9-17/h2-14H,15H2,1H3,(H,24,27). The molecule has 5 heteroatoms. The van der Waals surface area contributed by atoms with Gasteiger partial charge in [0.25, 0.3) is 0 Å². The normalized spacial score (nSPS) is 10.6. The molecule has 4 rings (SSSR count). The number of amides is 1. The van der Waals surface area contributed by atoms with Gasteiger partial charge in [-0.25, -0.2) is 0 Å². The summed E-state index contributed by atoms with van der Waals surface area (Å²) in [4.78, 5) is 12.2. The molecule has 1 heterocycles. The highest BCUT2D eigenvalue weighted by atomic mass is 16.4. The number of nitrogens with one attached hydrogen (secondary N) is 1. The van der Waals surface area contributed by atoms with Crippen LogP contribution >= 0.6 is 0 Å². The molecule has 0 spiro atoms. The number of hydrogen-bond donors (Lipinski definition) is 1. The molecule has 0 fully saturated rings. The first-order valence-corrected chi connectivity index (χ1v) is 9.03. The van der Waals surface area contributed by atoms with Gasteiger partial charge in [-0.2, -0.15) is 0 Å². The van der Waals surface area contributed by atoms with Crippen molar-refractivity contribution in [2.24, 2.45) is 0 Å². The minimum absolute atomic E-state index is 0.0569. The molecule has 0 aliphatic carbocycles. The minimum Gasteiger partial charge on any atom is -0.416 e. The van der Waals surface area contributed by atoms with E-state index in [0.29, 0.717) is 18.2 Å². The smallest absolute Gasteiger partial charge is 0.248 e. The Labute approximate surface area is 163 Å². The molecule has 1 aromatic heterocycles. The van der Waals surface area contributed by atoms with Crippen molar-refractivity contribution in [2.45, 2.75) is 13.3 Å². The Morgan fingerprint density at radius 2 is 1.54 bits per heavy atom. The van der Waals surface area contributed by atoms with Crippen molar-refractivity contribution in [1.82, 2.24) is 10.2 Å². The zero-order valence-corrected chi connectivity index (χ0v) is 15.4. The molecular weight excluding hydrogens is 350 g/mol. The fourth-order valence-electron chi connectivity index (χ4n) is 2.94. The predicted octanol–water partition coefficient (Wildman–Crippen LogP) is 4.89. The third-order valence-corrected chi connectivity index (χ3v) is 4.42. The van der Waals surface area contributed by atoms with Crippen LogP contribution in [0.3, 0.4) is 0 Å².